The fourth-order valence-electron chi connectivity index (χ4n) is 3.62. The molecule has 9 nitrogen and oxygen atoms in total. The molecule has 160 valence electrons. The summed E-state index contributed by atoms with van der Waals surface area (Å²) in [6.45, 7) is -0.202. The summed E-state index contributed by atoms with van der Waals surface area (Å²) in [5.41, 5.74) is 4.58. The van der Waals surface area contributed by atoms with Gasteiger partial charge in [0.2, 0.25) is 5.91 Å². The maximum absolute atomic E-state index is 13.4. The molecular weight excluding hydrogens is 451 g/mol. The zero-order chi connectivity index (χ0) is 22.0. The number of halogens is 3. The number of primary amides is 1. The Labute approximate surface area is 171 Å². The summed E-state index contributed by atoms with van der Waals surface area (Å²) in [5, 5.41) is 0.364. The van der Waals surface area contributed by atoms with Crippen molar-refractivity contribution in [2.24, 2.45) is 5.73 Å². The Morgan fingerprint density at radius 2 is 1.97 bits per heavy atom. The Hall–Kier alpha value is -2.68. The number of hydrogen-bond donors (Lipinski definition) is 2. The van der Waals surface area contributed by atoms with Crippen LogP contribution in [-0.4, -0.2) is 41.4 Å². The summed E-state index contributed by atoms with van der Waals surface area (Å²) < 4.78 is 75.9. The Morgan fingerprint density at radius 1 is 1.30 bits per heavy atom. The lowest BCUT2D eigenvalue weighted by molar-refractivity contribution is -0.137. The number of thiophene rings is 1. The Kier molecular flexibility index (Phi) is 4.57. The molecule has 3 heterocycles. The van der Waals surface area contributed by atoms with Gasteiger partial charge in [-0.1, -0.05) is 18.2 Å². The van der Waals surface area contributed by atoms with Crippen LogP contribution in [0.4, 0.5) is 18.0 Å². The van der Waals surface area contributed by atoms with Crippen molar-refractivity contribution >= 4 is 33.7 Å². The highest BCUT2D eigenvalue weighted by atomic mass is 32.3. The topological polar surface area (TPSA) is 130 Å². The molecule has 0 saturated carbocycles. The van der Waals surface area contributed by atoms with Gasteiger partial charge in [-0.05, 0) is 17.7 Å². The molecule has 0 aliphatic carbocycles. The number of fused-ring (bicyclic) bond motifs is 4. The van der Waals surface area contributed by atoms with E-state index in [2.05, 4.69) is 4.28 Å². The summed E-state index contributed by atoms with van der Waals surface area (Å²) in [5.74, 6) is -0.950. The number of amides is 3. The Balaban J connectivity index is 1.87. The van der Waals surface area contributed by atoms with Gasteiger partial charge in [0.05, 0.1) is 12.1 Å². The number of hydrogen-bond acceptors (Lipinski definition) is 6. The lowest BCUT2D eigenvalue weighted by atomic mass is 9.97. The SMILES string of the molecule is NC(=O)[C@@H]1c2sc(-c3ccccc3C(F)(F)F)cc2[C@@H]2CN1C(=O)N2OS(=O)(=O)O. The van der Waals surface area contributed by atoms with Crippen LogP contribution in [0.3, 0.4) is 0 Å². The van der Waals surface area contributed by atoms with E-state index in [1.807, 2.05) is 0 Å². The Bertz CT molecular complexity index is 1160. The van der Waals surface area contributed by atoms with E-state index >= 15 is 0 Å². The van der Waals surface area contributed by atoms with Crippen molar-refractivity contribution in [1.82, 2.24) is 9.96 Å². The van der Waals surface area contributed by atoms with Gasteiger partial charge in [0.25, 0.3) is 0 Å². The van der Waals surface area contributed by atoms with Crippen molar-refractivity contribution in [2.45, 2.75) is 18.3 Å². The molecule has 2 aliphatic rings. The van der Waals surface area contributed by atoms with Gasteiger partial charge in [0.1, 0.15) is 12.1 Å². The maximum Gasteiger partial charge on any atom is 0.418 e. The first kappa shape index (κ1) is 20.6. The second kappa shape index (κ2) is 6.66. The molecule has 1 fully saturated rings. The summed E-state index contributed by atoms with van der Waals surface area (Å²) in [6.07, 6.45) is -4.64. The number of nitrogens with two attached hydrogens (primary N) is 1. The van der Waals surface area contributed by atoms with E-state index in [1.54, 1.807) is 0 Å². The van der Waals surface area contributed by atoms with Crippen LogP contribution in [0.5, 0.6) is 0 Å². The predicted octanol–water partition coefficient (Wildman–Crippen LogP) is 2.49. The number of carbonyl (C=O) groups is 2. The first-order valence-electron chi connectivity index (χ1n) is 8.25. The van der Waals surface area contributed by atoms with Gasteiger partial charge in [-0.3, -0.25) is 9.35 Å². The Morgan fingerprint density at radius 3 is 2.57 bits per heavy atom. The molecule has 2 aliphatic heterocycles. The first-order valence-corrected chi connectivity index (χ1v) is 10.4. The highest BCUT2D eigenvalue weighted by molar-refractivity contribution is 7.80. The summed E-state index contributed by atoms with van der Waals surface area (Å²) in [7, 11) is -5.07. The zero-order valence-corrected chi connectivity index (χ0v) is 16.3. The van der Waals surface area contributed by atoms with Gasteiger partial charge in [-0.25, -0.2) is 4.79 Å². The molecule has 14 heteroatoms. The average Bonchev–Trinajstić information content (AvgIpc) is 3.17. The van der Waals surface area contributed by atoms with Crippen molar-refractivity contribution < 1.29 is 40.0 Å². The molecule has 0 spiro atoms. The molecule has 1 aromatic heterocycles. The van der Waals surface area contributed by atoms with Gasteiger partial charge in [-0.2, -0.15) is 26.7 Å². The summed E-state index contributed by atoms with van der Waals surface area (Å²) in [4.78, 5) is 25.8. The van der Waals surface area contributed by atoms with Gasteiger partial charge in [0.15, 0.2) is 0 Å². The minimum absolute atomic E-state index is 0.146. The highest BCUT2D eigenvalue weighted by Crippen LogP contribution is 2.50. The van der Waals surface area contributed by atoms with Crippen molar-refractivity contribution in [3.8, 4) is 10.4 Å². The number of rotatable bonds is 4. The second-order valence-electron chi connectivity index (χ2n) is 6.56. The number of alkyl halides is 3. The van der Waals surface area contributed by atoms with Gasteiger partial charge in [-0.15, -0.1) is 15.6 Å². The molecule has 0 unspecified atom stereocenters. The summed E-state index contributed by atoms with van der Waals surface area (Å²) in [6, 6.07) is 2.73. The number of carbonyl (C=O) groups excluding carboxylic acids is 2. The maximum atomic E-state index is 13.4. The van der Waals surface area contributed by atoms with Crippen LogP contribution >= 0.6 is 11.3 Å². The third kappa shape index (κ3) is 3.30. The van der Waals surface area contributed by atoms with E-state index in [4.69, 9.17) is 10.3 Å². The third-order valence-corrected chi connectivity index (χ3v) is 6.32. The van der Waals surface area contributed by atoms with Gasteiger partial charge >= 0.3 is 22.6 Å². The van der Waals surface area contributed by atoms with E-state index in [-0.39, 0.29) is 27.4 Å². The lowest BCUT2D eigenvalue weighted by Crippen LogP contribution is -2.41. The molecule has 1 saturated heterocycles. The number of benzene rings is 1. The predicted molar refractivity (Wildman–Crippen MR) is 96.0 cm³/mol. The van der Waals surface area contributed by atoms with Gasteiger partial charge in [0, 0.05) is 15.3 Å². The van der Waals surface area contributed by atoms with Crippen LogP contribution in [0.1, 0.15) is 28.1 Å². The van der Waals surface area contributed by atoms with Crippen molar-refractivity contribution in [2.75, 3.05) is 6.54 Å². The average molecular weight is 463 g/mol. The van der Waals surface area contributed by atoms with Crippen LogP contribution in [-0.2, 0) is 25.7 Å². The van der Waals surface area contributed by atoms with E-state index in [1.165, 1.54) is 24.3 Å². The molecule has 0 radical (unpaired) electrons. The molecule has 30 heavy (non-hydrogen) atoms. The summed E-state index contributed by atoms with van der Waals surface area (Å²) >= 11 is 0.836. The normalized spacial score (nSPS) is 21.1. The van der Waals surface area contributed by atoms with Crippen LogP contribution in [0.25, 0.3) is 10.4 Å². The first-order chi connectivity index (χ1) is 13.9. The third-order valence-electron chi connectivity index (χ3n) is 4.74. The number of nitrogens with zero attached hydrogens (tertiary/aromatic N) is 2. The van der Waals surface area contributed by atoms with Crippen molar-refractivity contribution in [3.05, 3.63) is 46.3 Å². The van der Waals surface area contributed by atoms with Crippen molar-refractivity contribution in [3.63, 3.8) is 0 Å². The molecule has 2 bridgehead atoms. The minimum Gasteiger partial charge on any atom is -0.368 e. The highest BCUT2D eigenvalue weighted by Gasteiger charge is 2.53. The molecule has 1 aromatic carbocycles. The van der Waals surface area contributed by atoms with E-state index < -0.39 is 46.2 Å². The molecule has 2 atom stereocenters. The lowest BCUT2D eigenvalue weighted by Gasteiger charge is -2.27. The fraction of sp³-hybridized carbons (Fsp3) is 0.250. The van der Waals surface area contributed by atoms with Crippen LogP contribution in [0.2, 0.25) is 0 Å². The quantitative estimate of drug-likeness (QED) is 0.670. The molecular formula is C16H12F3N3O6S2. The van der Waals surface area contributed by atoms with Gasteiger partial charge < -0.3 is 10.6 Å². The monoisotopic (exact) mass is 463 g/mol. The van der Waals surface area contributed by atoms with Crippen LogP contribution in [0.15, 0.2) is 30.3 Å². The van der Waals surface area contributed by atoms with E-state index in [0.29, 0.717) is 5.06 Å². The number of hydroxylamine groups is 2. The van der Waals surface area contributed by atoms with E-state index in [0.717, 1.165) is 22.3 Å². The zero-order valence-electron chi connectivity index (χ0n) is 14.7. The standard InChI is InChI=1S/C16H12F3N3O6S2/c17-16(18,19)9-4-2-1-3-7(9)11-5-8-10-6-21(12(14(20)23)13(8)29-11)15(24)22(10)28-30(25,26)27/h1-5,10,12H,6H2,(H2,20,23)(H,25,26,27)/t10-,12-/m0/s1. The smallest absolute Gasteiger partial charge is 0.368 e. The molecule has 4 rings (SSSR count). The van der Waals surface area contributed by atoms with Crippen LogP contribution < -0.4 is 5.73 Å². The minimum atomic E-state index is -5.07. The molecule has 3 amide bonds. The molecule has 3 N–H and O–H groups in total. The largest absolute Gasteiger partial charge is 0.418 e. The second-order valence-corrected chi connectivity index (χ2v) is 8.65. The fourth-order valence-corrected chi connectivity index (χ4v) is 5.37. The van der Waals surface area contributed by atoms with Crippen LogP contribution in [0, 0.1) is 0 Å². The number of urea groups is 1. The van der Waals surface area contributed by atoms with E-state index in [9.17, 15) is 31.2 Å². The van der Waals surface area contributed by atoms with Crippen molar-refractivity contribution in [1.29, 1.82) is 0 Å². The molecule has 2 aromatic rings.